The maximum absolute atomic E-state index is 13.5. The molecule has 0 aliphatic rings. The second-order valence-electron chi connectivity index (χ2n) is 3.52. The first-order valence-electron chi connectivity index (χ1n) is 5.24. The zero-order chi connectivity index (χ0) is 13.0. The Balaban J connectivity index is 3.11. The van der Waals surface area contributed by atoms with Crippen LogP contribution < -0.4 is 4.74 Å². The number of methoxy groups -OCH3 is 1. The summed E-state index contributed by atoms with van der Waals surface area (Å²) in [6.45, 7) is 3.52. The van der Waals surface area contributed by atoms with E-state index in [9.17, 15) is 9.50 Å². The molecule has 0 unspecified atom stereocenters. The predicted octanol–water partition coefficient (Wildman–Crippen LogP) is 2.19. The molecule has 0 radical (unpaired) electrons. The largest absolute Gasteiger partial charge is 0.497 e. The highest BCUT2D eigenvalue weighted by Crippen LogP contribution is 2.26. The van der Waals surface area contributed by atoms with Gasteiger partial charge >= 0.3 is 0 Å². The normalized spacial score (nSPS) is 12.1. The lowest BCUT2D eigenvalue weighted by molar-refractivity contribution is 0.189. The minimum absolute atomic E-state index is 0.278. The summed E-state index contributed by atoms with van der Waals surface area (Å²) in [5.41, 5.74) is 0.558. The van der Waals surface area contributed by atoms with Gasteiger partial charge in [-0.25, -0.2) is 4.39 Å². The standard InChI is InChI=1S/C12H16FNO3/c1-4-17-12(14)11(15)9-5-8(16-3)6-10(13)7(9)2/h5-6,11,14-15H,4H2,1-3H3/t11-/m1/s1. The molecule has 0 saturated heterocycles. The summed E-state index contributed by atoms with van der Waals surface area (Å²) in [5.74, 6) is -0.489. The zero-order valence-electron chi connectivity index (χ0n) is 10.1. The van der Waals surface area contributed by atoms with E-state index in [2.05, 4.69) is 0 Å². The van der Waals surface area contributed by atoms with E-state index in [1.165, 1.54) is 26.2 Å². The van der Waals surface area contributed by atoms with Crippen molar-refractivity contribution < 1.29 is 19.0 Å². The molecule has 1 aromatic carbocycles. The summed E-state index contributed by atoms with van der Waals surface area (Å²) in [5, 5.41) is 17.4. The van der Waals surface area contributed by atoms with Gasteiger partial charge in [-0.1, -0.05) is 0 Å². The van der Waals surface area contributed by atoms with Crippen molar-refractivity contribution in [1.82, 2.24) is 0 Å². The summed E-state index contributed by atoms with van der Waals surface area (Å²) in [4.78, 5) is 0. The second kappa shape index (κ2) is 5.63. The molecule has 0 aliphatic heterocycles. The van der Waals surface area contributed by atoms with Crippen LogP contribution in [0.3, 0.4) is 0 Å². The van der Waals surface area contributed by atoms with Crippen molar-refractivity contribution in [2.24, 2.45) is 0 Å². The Kier molecular flexibility index (Phi) is 4.45. The molecule has 1 rings (SSSR count). The highest BCUT2D eigenvalue weighted by molar-refractivity contribution is 5.79. The van der Waals surface area contributed by atoms with Crippen LogP contribution in [0.15, 0.2) is 12.1 Å². The minimum atomic E-state index is -1.28. The molecule has 0 bridgehead atoms. The van der Waals surface area contributed by atoms with Crippen molar-refractivity contribution >= 4 is 5.90 Å². The lowest BCUT2D eigenvalue weighted by Gasteiger charge is -2.16. The summed E-state index contributed by atoms with van der Waals surface area (Å²) < 4.78 is 23.3. The van der Waals surface area contributed by atoms with E-state index < -0.39 is 11.9 Å². The molecule has 0 saturated carbocycles. The second-order valence-corrected chi connectivity index (χ2v) is 3.52. The number of aliphatic hydroxyl groups excluding tert-OH is 1. The Labute approximate surface area is 99.5 Å². The molecule has 0 amide bonds. The fourth-order valence-corrected chi connectivity index (χ4v) is 1.45. The monoisotopic (exact) mass is 241 g/mol. The summed E-state index contributed by atoms with van der Waals surface area (Å²) >= 11 is 0. The lowest BCUT2D eigenvalue weighted by atomic mass is 10.0. The molecule has 0 aromatic heterocycles. The zero-order valence-corrected chi connectivity index (χ0v) is 10.1. The maximum atomic E-state index is 13.5. The molecule has 0 fully saturated rings. The Morgan fingerprint density at radius 2 is 2.18 bits per heavy atom. The SMILES string of the molecule is CCOC(=N)[C@H](O)c1cc(OC)cc(F)c1C. The number of halogens is 1. The van der Waals surface area contributed by atoms with Gasteiger partial charge in [0.15, 0.2) is 6.10 Å². The van der Waals surface area contributed by atoms with Gasteiger partial charge in [-0.3, -0.25) is 5.41 Å². The fraction of sp³-hybridized carbons (Fsp3) is 0.417. The van der Waals surface area contributed by atoms with E-state index in [-0.39, 0.29) is 23.6 Å². The van der Waals surface area contributed by atoms with Crippen LogP contribution in [0.5, 0.6) is 5.75 Å². The van der Waals surface area contributed by atoms with E-state index >= 15 is 0 Å². The Hall–Kier alpha value is -1.62. The Bertz CT molecular complexity index is 420. The van der Waals surface area contributed by atoms with Crippen molar-refractivity contribution in [3.63, 3.8) is 0 Å². The van der Waals surface area contributed by atoms with Gasteiger partial charge in [0.05, 0.1) is 13.7 Å². The number of aliphatic hydroxyl groups is 1. The van der Waals surface area contributed by atoms with E-state index in [0.29, 0.717) is 5.75 Å². The van der Waals surface area contributed by atoms with Crippen LogP contribution in [0.2, 0.25) is 0 Å². The Morgan fingerprint density at radius 1 is 1.53 bits per heavy atom. The molecule has 2 N–H and O–H groups in total. The number of benzene rings is 1. The molecule has 0 aliphatic carbocycles. The van der Waals surface area contributed by atoms with Gasteiger partial charge in [0.25, 0.3) is 0 Å². The fourth-order valence-electron chi connectivity index (χ4n) is 1.45. The van der Waals surface area contributed by atoms with Gasteiger partial charge in [-0.05, 0) is 31.0 Å². The summed E-state index contributed by atoms with van der Waals surface area (Å²) in [7, 11) is 1.41. The van der Waals surface area contributed by atoms with E-state index in [1.54, 1.807) is 6.92 Å². The third-order valence-corrected chi connectivity index (χ3v) is 2.44. The van der Waals surface area contributed by atoms with Crippen LogP contribution in [0, 0.1) is 18.2 Å². The van der Waals surface area contributed by atoms with Crippen LogP contribution in [-0.4, -0.2) is 24.7 Å². The van der Waals surface area contributed by atoms with Gasteiger partial charge in [0, 0.05) is 6.07 Å². The van der Waals surface area contributed by atoms with E-state index in [4.69, 9.17) is 14.9 Å². The lowest BCUT2D eigenvalue weighted by Crippen LogP contribution is -2.16. The molecular formula is C12H16FNO3. The van der Waals surface area contributed by atoms with Crippen LogP contribution >= 0.6 is 0 Å². The van der Waals surface area contributed by atoms with Crippen molar-refractivity contribution in [1.29, 1.82) is 5.41 Å². The summed E-state index contributed by atoms with van der Waals surface area (Å²) in [6, 6.07) is 2.73. The molecule has 5 heteroatoms. The highest BCUT2D eigenvalue weighted by atomic mass is 19.1. The van der Waals surface area contributed by atoms with Crippen LogP contribution in [-0.2, 0) is 4.74 Å². The number of ether oxygens (including phenoxy) is 2. The van der Waals surface area contributed by atoms with Crippen LogP contribution in [0.4, 0.5) is 4.39 Å². The molecule has 1 aromatic rings. The average Bonchev–Trinajstić information content (AvgIpc) is 2.31. The molecule has 0 spiro atoms. The van der Waals surface area contributed by atoms with Crippen molar-refractivity contribution in [2.75, 3.05) is 13.7 Å². The quantitative estimate of drug-likeness (QED) is 0.627. The van der Waals surface area contributed by atoms with Gasteiger partial charge in [0.1, 0.15) is 11.6 Å². The van der Waals surface area contributed by atoms with Crippen LogP contribution in [0.25, 0.3) is 0 Å². The molecule has 1 atom stereocenters. The highest BCUT2D eigenvalue weighted by Gasteiger charge is 2.20. The van der Waals surface area contributed by atoms with Gasteiger partial charge < -0.3 is 14.6 Å². The van der Waals surface area contributed by atoms with Crippen LogP contribution in [0.1, 0.15) is 24.2 Å². The number of rotatable bonds is 4. The smallest absolute Gasteiger partial charge is 0.214 e. The van der Waals surface area contributed by atoms with E-state index in [0.717, 1.165) is 0 Å². The van der Waals surface area contributed by atoms with Gasteiger partial charge in [-0.15, -0.1) is 0 Å². The van der Waals surface area contributed by atoms with Crippen molar-refractivity contribution in [3.8, 4) is 5.75 Å². The first-order chi connectivity index (χ1) is 8.01. The molecule has 17 heavy (non-hydrogen) atoms. The Morgan fingerprint density at radius 3 is 2.71 bits per heavy atom. The number of hydrogen-bond acceptors (Lipinski definition) is 4. The minimum Gasteiger partial charge on any atom is -0.497 e. The molecule has 4 nitrogen and oxygen atoms in total. The molecule has 94 valence electrons. The summed E-state index contributed by atoms with van der Waals surface area (Å²) in [6.07, 6.45) is -1.28. The predicted molar refractivity (Wildman–Crippen MR) is 62.0 cm³/mol. The molecule has 0 heterocycles. The topological polar surface area (TPSA) is 62.5 Å². The maximum Gasteiger partial charge on any atom is 0.214 e. The third kappa shape index (κ3) is 2.94. The number of nitrogens with one attached hydrogen (secondary N) is 1. The first-order valence-corrected chi connectivity index (χ1v) is 5.24. The molecular weight excluding hydrogens is 225 g/mol. The first kappa shape index (κ1) is 13.4. The average molecular weight is 241 g/mol. The van der Waals surface area contributed by atoms with Gasteiger partial charge in [0.2, 0.25) is 5.90 Å². The third-order valence-electron chi connectivity index (χ3n) is 2.44. The van der Waals surface area contributed by atoms with Gasteiger partial charge in [-0.2, -0.15) is 0 Å². The van der Waals surface area contributed by atoms with Crippen molar-refractivity contribution in [2.45, 2.75) is 20.0 Å². The number of hydrogen-bond donors (Lipinski definition) is 2. The van der Waals surface area contributed by atoms with Crippen molar-refractivity contribution in [3.05, 3.63) is 29.1 Å². The van der Waals surface area contributed by atoms with E-state index in [1.807, 2.05) is 0 Å².